The van der Waals surface area contributed by atoms with E-state index in [4.69, 9.17) is 0 Å². The molecular weight excluding hydrogens is 273 g/mol. The minimum Gasteiger partial charge on any atom is -0.294 e. The van der Waals surface area contributed by atoms with Gasteiger partial charge in [-0.3, -0.25) is 9.78 Å². The molecule has 0 fully saturated rings. The molecule has 3 radical (unpaired) electrons. The van der Waals surface area contributed by atoms with Crippen LogP contribution in [0, 0.1) is 0 Å². The number of ketones is 1. The van der Waals surface area contributed by atoms with Gasteiger partial charge in [-0.15, -0.1) is 0 Å². The van der Waals surface area contributed by atoms with Crippen molar-refractivity contribution in [3.05, 3.63) is 59.9 Å². The highest BCUT2D eigenvalue weighted by atomic mass is 32.2. The van der Waals surface area contributed by atoms with Crippen molar-refractivity contribution >= 4 is 24.0 Å². The molecule has 1 aromatic carbocycles. The number of benzene rings is 1. The molecule has 6 heteroatoms. The molecule has 0 unspecified atom stereocenters. The van der Waals surface area contributed by atoms with E-state index >= 15 is 0 Å². The van der Waals surface area contributed by atoms with Gasteiger partial charge in [0, 0.05) is 39.0 Å². The van der Waals surface area contributed by atoms with Crippen LogP contribution in [0.4, 0.5) is 0 Å². The van der Waals surface area contributed by atoms with Crippen LogP contribution in [0.1, 0.15) is 15.9 Å². The Morgan fingerprint density at radius 1 is 1.15 bits per heavy atom. The summed E-state index contributed by atoms with van der Waals surface area (Å²) in [5.41, 5.74) is 1.33. The van der Waals surface area contributed by atoms with Gasteiger partial charge in [0.2, 0.25) is 0 Å². The summed E-state index contributed by atoms with van der Waals surface area (Å²) < 4.78 is 22.6. The summed E-state index contributed by atoms with van der Waals surface area (Å²) in [4.78, 5) is 16.1. The van der Waals surface area contributed by atoms with E-state index in [2.05, 4.69) is 4.98 Å². The molecule has 0 aliphatic carbocycles. The molecule has 4 nitrogen and oxygen atoms in total. The summed E-state index contributed by atoms with van der Waals surface area (Å²) in [5.74, 6) is -0.0415. The number of rotatable bonds is 4. The van der Waals surface area contributed by atoms with Crippen molar-refractivity contribution in [2.45, 2.75) is 11.3 Å². The number of pyridine rings is 1. The lowest BCUT2D eigenvalue weighted by molar-refractivity contribution is 0.0992. The Bertz CT molecular complexity index is 682. The Morgan fingerprint density at radius 2 is 1.80 bits per heavy atom. The standard InChI is InChI=1S/C14H13NO3S.B/c1-19(17,18)13-6-4-11(5-7-13)9-14(16)12-3-2-8-15-10-12;/h2-8,10H,9H2,1H3;. The highest BCUT2D eigenvalue weighted by molar-refractivity contribution is 7.90. The van der Waals surface area contributed by atoms with Crippen molar-refractivity contribution in [3.63, 3.8) is 0 Å². The molecule has 0 spiro atoms. The monoisotopic (exact) mass is 286 g/mol. The van der Waals surface area contributed by atoms with Gasteiger partial charge in [-0.1, -0.05) is 12.1 Å². The van der Waals surface area contributed by atoms with Gasteiger partial charge < -0.3 is 0 Å². The summed E-state index contributed by atoms with van der Waals surface area (Å²) in [6.07, 6.45) is 4.52. The molecule has 101 valence electrons. The van der Waals surface area contributed by atoms with E-state index in [1.807, 2.05) is 0 Å². The molecule has 0 aliphatic rings. The number of Topliss-reactive ketones (excluding diaryl/α,β-unsaturated/α-hetero) is 1. The van der Waals surface area contributed by atoms with E-state index in [0.29, 0.717) is 5.56 Å². The van der Waals surface area contributed by atoms with Crippen LogP contribution in [0.5, 0.6) is 0 Å². The zero-order valence-electron chi connectivity index (χ0n) is 11.0. The van der Waals surface area contributed by atoms with Crippen LogP contribution < -0.4 is 0 Å². The SMILES string of the molecule is CS(=O)(=O)c1ccc(CC(=O)c2cccnc2)cc1.[B]. The lowest BCUT2D eigenvalue weighted by atomic mass is 10.0. The minimum absolute atomic E-state index is 0. The molecule has 0 N–H and O–H groups in total. The molecule has 2 aromatic rings. The largest absolute Gasteiger partial charge is 0.294 e. The van der Waals surface area contributed by atoms with Gasteiger partial charge in [-0.2, -0.15) is 0 Å². The fraction of sp³-hybridized carbons (Fsp3) is 0.143. The normalized spacial score (nSPS) is 10.7. The molecule has 20 heavy (non-hydrogen) atoms. The fourth-order valence-corrected chi connectivity index (χ4v) is 2.30. The van der Waals surface area contributed by atoms with E-state index in [-0.39, 0.29) is 25.5 Å². The van der Waals surface area contributed by atoms with Crippen LogP contribution >= 0.6 is 0 Å². The summed E-state index contributed by atoms with van der Waals surface area (Å²) in [6, 6.07) is 9.76. The summed E-state index contributed by atoms with van der Waals surface area (Å²) in [5, 5.41) is 0. The smallest absolute Gasteiger partial charge is 0.175 e. The molecule has 0 saturated heterocycles. The summed E-state index contributed by atoms with van der Waals surface area (Å²) in [6.45, 7) is 0. The van der Waals surface area contributed by atoms with Gasteiger partial charge in [0.25, 0.3) is 0 Å². The third kappa shape index (κ3) is 4.03. The van der Waals surface area contributed by atoms with Crippen LogP contribution in [0.3, 0.4) is 0 Å². The number of hydrogen-bond donors (Lipinski definition) is 0. The van der Waals surface area contributed by atoms with E-state index in [0.717, 1.165) is 11.8 Å². The molecule has 1 aromatic heterocycles. The molecule has 0 atom stereocenters. The van der Waals surface area contributed by atoms with Crippen LogP contribution in [-0.2, 0) is 16.3 Å². The van der Waals surface area contributed by atoms with Crippen LogP contribution in [-0.4, -0.2) is 33.9 Å². The van der Waals surface area contributed by atoms with Gasteiger partial charge in [0.1, 0.15) is 0 Å². The van der Waals surface area contributed by atoms with E-state index in [9.17, 15) is 13.2 Å². The first-order valence-electron chi connectivity index (χ1n) is 5.69. The minimum atomic E-state index is -3.20. The topological polar surface area (TPSA) is 64.1 Å². The predicted molar refractivity (Wildman–Crippen MR) is 77.6 cm³/mol. The van der Waals surface area contributed by atoms with Crippen LogP contribution in [0.15, 0.2) is 53.7 Å². The van der Waals surface area contributed by atoms with Gasteiger partial charge >= 0.3 is 0 Å². The van der Waals surface area contributed by atoms with Crippen molar-refractivity contribution in [1.82, 2.24) is 4.98 Å². The highest BCUT2D eigenvalue weighted by Gasteiger charge is 2.09. The Hall–Kier alpha value is -1.95. The number of sulfone groups is 1. The van der Waals surface area contributed by atoms with E-state index < -0.39 is 9.84 Å². The van der Waals surface area contributed by atoms with Crippen molar-refractivity contribution < 1.29 is 13.2 Å². The van der Waals surface area contributed by atoms with Crippen LogP contribution in [0.2, 0.25) is 0 Å². The first kappa shape index (κ1) is 16.1. The van der Waals surface area contributed by atoms with Gasteiger partial charge in [0.05, 0.1) is 4.90 Å². The lowest BCUT2D eigenvalue weighted by Gasteiger charge is -2.03. The lowest BCUT2D eigenvalue weighted by Crippen LogP contribution is -2.04. The average Bonchev–Trinajstić information content (AvgIpc) is 2.39. The Labute approximate surface area is 120 Å². The molecule has 0 bridgehead atoms. The number of hydrogen-bond acceptors (Lipinski definition) is 4. The third-order valence-electron chi connectivity index (χ3n) is 2.70. The molecule has 0 saturated carbocycles. The summed E-state index contributed by atoms with van der Waals surface area (Å²) in [7, 11) is -3.20. The second kappa shape index (κ2) is 6.48. The maximum absolute atomic E-state index is 11.9. The summed E-state index contributed by atoms with van der Waals surface area (Å²) >= 11 is 0. The van der Waals surface area contributed by atoms with Crippen molar-refractivity contribution in [2.75, 3.05) is 6.26 Å². The quantitative estimate of drug-likeness (QED) is 0.631. The molecular formula is C14H13BNO3S. The molecule has 2 rings (SSSR count). The Kier molecular flexibility index (Phi) is 5.22. The van der Waals surface area contributed by atoms with Crippen molar-refractivity contribution in [3.8, 4) is 0 Å². The van der Waals surface area contributed by atoms with Crippen molar-refractivity contribution in [1.29, 1.82) is 0 Å². The average molecular weight is 286 g/mol. The van der Waals surface area contributed by atoms with Gasteiger partial charge in [0.15, 0.2) is 15.6 Å². The van der Waals surface area contributed by atoms with Crippen molar-refractivity contribution in [2.24, 2.45) is 0 Å². The Morgan fingerprint density at radius 3 is 2.30 bits per heavy atom. The first-order valence-corrected chi connectivity index (χ1v) is 7.58. The fourth-order valence-electron chi connectivity index (χ4n) is 1.67. The van der Waals surface area contributed by atoms with E-state index in [1.165, 1.54) is 18.3 Å². The number of nitrogens with zero attached hydrogens (tertiary/aromatic N) is 1. The van der Waals surface area contributed by atoms with Gasteiger partial charge in [-0.25, -0.2) is 8.42 Å². The third-order valence-corrected chi connectivity index (χ3v) is 3.83. The highest BCUT2D eigenvalue weighted by Crippen LogP contribution is 2.12. The zero-order chi connectivity index (χ0) is 13.9. The van der Waals surface area contributed by atoms with Gasteiger partial charge in [-0.05, 0) is 29.8 Å². The maximum atomic E-state index is 11.9. The second-order valence-electron chi connectivity index (χ2n) is 4.26. The molecule has 0 amide bonds. The Balaban J connectivity index is 0.00000200. The molecule has 1 heterocycles. The number of carbonyl (C=O) groups excluding carboxylic acids is 1. The second-order valence-corrected chi connectivity index (χ2v) is 6.27. The first-order chi connectivity index (χ1) is 8.97. The molecule has 0 aliphatic heterocycles. The predicted octanol–water partition coefficient (Wildman–Crippen LogP) is 1.53. The number of carbonyl (C=O) groups is 1. The number of aromatic nitrogens is 1. The van der Waals surface area contributed by atoms with Crippen LogP contribution in [0.25, 0.3) is 0 Å². The zero-order valence-corrected chi connectivity index (χ0v) is 11.8. The maximum Gasteiger partial charge on any atom is 0.175 e. The van der Waals surface area contributed by atoms with E-state index in [1.54, 1.807) is 30.5 Å².